The van der Waals surface area contributed by atoms with Crippen LogP contribution in [0.25, 0.3) is 6.08 Å². The third-order valence-corrected chi connectivity index (χ3v) is 7.84. The highest BCUT2D eigenvalue weighted by molar-refractivity contribution is 7.89. The van der Waals surface area contributed by atoms with Crippen molar-refractivity contribution in [3.8, 4) is 0 Å². The third-order valence-electron chi connectivity index (χ3n) is 5.92. The number of piperazine rings is 1. The van der Waals surface area contributed by atoms with Crippen molar-refractivity contribution in [3.63, 3.8) is 0 Å². The first kappa shape index (κ1) is 23.8. The van der Waals surface area contributed by atoms with Gasteiger partial charge in [0, 0.05) is 32.3 Å². The van der Waals surface area contributed by atoms with Gasteiger partial charge in [-0.1, -0.05) is 72.8 Å². The molecule has 0 spiro atoms. The summed E-state index contributed by atoms with van der Waals surface area (Å²) in [6.07, 6.45) is 2.66. The minimum absolute atomic E-state index is 0.0643. The predicted octanol–water partition coefficient (Wildman–Crippen LogP) is 3.30. The van der Waals surface area contributed by atoms with Crippen LogP contribution in [0.2, 0.25) is 0 Å². The fraction of sp³-hybridized carbons (Fsp3) is 0.192. The van der Waals surface area contributed by atoms with Crippen LogP contribution >= 0.6 is 0 Å². The number of rotatable bonds is 7. The second kappa shape index (κ2) is 10.8. The van der Waals surface area contributed by atoms with Crippen LogP contribution < -0.4 is 5.48 Å². The summed E-state index contributed by atoms with van der Waals surface area (Å²) < 4.78 is 28.0. The molecule has 0 atom stereocenters. The average Bonchev–Trinajstić information content (AvgIpc) is 2.89. The van der Waals surface area contributed by atoms with Crippen molar-refractivity contribution >= 4 is 22.0 Å². The van der Waals surface area contributed by atoms with E-state index >= 15 is 0 Å². The maximum atomic E-state index is 13.2. The Bertz CT molecular complexity index is 1180. The van der Waals surface area contributed by atoms with Gasteiger partial charge in [-0.3, -0.25) is 14.9 Å². The predicted molar refractivity (Wildman–Crippen MR) is 130 cm³/mol. The SMILES string of the molecule is O=C(/C=C/c1ccc(S(=O)(=O)N2CCN(C(c3ccccc3)c3ccccc3)CC2)cc1)NO. The highest BCUT2D eigenvalue weighted by atomic mass is 32.2. The molecule has 0 bridgehead atoms. The molecule has 3 aromatic carbocycles. The Kier molecular flexibility index (Phi) is 7.54. The summed E-state index contributed by atoms with van der Waals surface area (Å²) in [7, 11) is -3.63. The number of hydrogen-bond donors (Lipinski definition) is 2. The lowest BCUT2D eigenvalue weighted by molar-refractivity contribution is -0.124. The molecule has 1 fully saturated rings. The molecule has 1 amide bonds. The minimum atomic E-state index is -3.63. The van der Waals surface area contributed by atoms with Crippen LogP contribution in [0.4, 0.5) is 0 Å². The normalized spacial score (nSPS) is 15.6. The Labute approximate surface area is 200 Å². The molecular weight excluding hydrogens is 450 g/mol. The van der Waals surface area contributed by atoms with Gasteiger partial charge in [0.25, 0.3) is 5.91 Å². The topological polar surface area (TPSA) is 90.0 Å². The van der Waals surface area contributed by atoms with E-state index < -0.39 is 15.9 Å². The highest BCUT2D eigenvalue weighted by Crippen LogP contribution is 2.30. The summed E-state index contributed by atoms with van der Waals surface area (Å²) in [6, 6.07) is 27.0. The second-order valence-corrected chi connectivity index (χ2v) is 9.98. The number of hydrogen-bond acceptors (Lipinski definition) is 5. The lowest BCUT2D eigenvalue weighted by Crippen LogP contribution is -2.49. The van der Waals surface area contributed by atoms with Gasteiger partial charge in [-0.05, 0) is 34.9 Å². The van der Waals surface area contributed by atoms with Crippen LogP contribution in [0.5, 0.6) is 0 Å². The van der Waals surface area contributed by atoms with Crippen molar-refractivity contribution in [3.05, 3.63) is 108 Å². The fourth-order valence-electron chi connectivity index (χ4n) is 4.20. The molecule has 0 unspecified atom stereocenters. The summed E-state index contributed by atoms with van der Waals surface area (Å²) in [6.45, 7) is 2.03. The molecule has 2 N–H and O–H groups in total. The van der Waals surface area contributed by atoms with Gasteiger partial charge < -0.3 is 0 Å². The maximum absolute atomic E-state index is 13.2. The summed E-state index contributed by atoms with van der Waals surface area (Å²) in [5, 5.41) is 8.55. The summed E-state index contributed by atoms with van der Waals surface area (Å²) in [5.74, 6) is -0.654. The molecule has 0 saturated carbocycles. The van der Waals surface area contributed by atoms with Gasteiger partial charge in [0.15, 0.2) is 0 Å². The standard InChI is InChI=1S/C26H27N3O4S/c30-25(27-31)16-13-21-11-14-24(15-12-21)34(32,33)29-19-17-28(18-20-29)26(22-7-3-1-4-8-22)23-9-5-2-6-10-23/h1-16,26,31H,17-20H2,(H,27,30)/b16-13+. The number of benzene rings is 3. The van der Waals surface area contributed by atoms with E-state index in [2.05, 4.69) is 29.2 Å². The molecule has 1 saturated heterocycles. The van der Waals surface area contributed by atoms with Crippen LogP contribution in [0.15, 0.2) is 95.9 Å². The first-order valence-corrected chi connectivity index (χ1v) is 12.5. The van der Waals surface area contributed by atoms with Crippen molar-refractivity contribution in [2.24, 2.45) is 0 Å². The molecule has 34 heavy (non-hydrogen) atoms. The van der Waals surface area contributed by atoms with Gasteiger partial charge in [-0.25, -0.2) is 13.9 Å². The number of carbonyl (C=O) groups excluding carboxylic acids is 1. The molecule has 7 nitrogen and oxygen atoms in total. The summed E-state index contributed by atoms with van der Waals surface area (Å²) in [4.78, 5) is 13.7. The molecule has 1 aliphatic rings. The lowest BCUT2D eigenvalue weighted by Gasteiger charge is -2.39. The molecule has 176 valence electrons. The van der Waals surface area contributed by atoms with Crippen molar-refractivity contribution in [1.82, 2.24) is 14.7 Å². The van der Waals surface area contributed by atoms with E-state index in [4.69, 9.17) is 5.21 Å². The second-order valence-electron chi connectivity index (χ2n) is 8.04. The number of nitrogens with one attached hydrogen (secondary N) is 1. The zero-order valence-electron chi connectivity index (χ0n) is 18.6. The Morgan fingerprint density at radius 3 is 1.85 bits per heavy atom. The summed E-state index contributed by atoms with van der Waals surface area (Å²) >= 11 is 0. The zero-order chi connectivity index (χ0) is 24.0. The van der Waals surface area contributed by atoms with Crippen molar-refractivity contribution in [1.29, 1.82) is 0 Å². The zero-order valence-corrected chi connectivity index (χ0v) is 19.4. The van der Waals surface area contributed by atoms with E-state index in [-0.39, 0.29) is 10.9 Å². The monoisotopic (exact) mass is 477 g/mol. The van der Waals surface area contributed by atoms with Crippen molar-refractivity contribution in [2.45, 2.75) is 10.9 Å². The van der Waals surface area contributed by atoms with Crippen molar-refractivity contribution < 1.29 is 18.4 Å². The number of amides is 1. The lowest BCUT2D eigenvalue weighted by atomic mass is 9.96. The average molecular weight is 478 g/mol. The summed E-state index contributed by atoms with van der Waals surface area (Å²) in [5.41, 5.74) is 4.54. The van der Waals surface area contributed by atoms with E-state index in [1.54, 1.807) is 12.1 Å². The minimum Gasteiger partial charge on any atom is -0.290 e. The van der Waals surface area contributed by atoms with Gasteiger partial charge in [-0.15, -0.1) is 0 Å². The van der Waals surface area contributed by atoms with Crippen molar-refractivity contribution in [2.75, 3.05) is 26.2 Å². The van der Waals surface area contributed by atoms with Gasteiger partial charge in [-0.2, -0.15) is 4.31 Å². The van der Waals surface area contributed by atoms with Gasteiger partial charge in [0.05, 0.1) is 10.9 Å². The Balaban J connectivity index is 1.48. The highest BCUT2D eigenvalue weighted by Gasteiger charge is 2.32. The van der Waals surface area contributed by atoms with Crippen LogP contribution in [0.1, 0.15) is 22.7 Å². The van der Waals surface area contributed by atoms with Crippen LogP contribution in [-0.4, -0.2) is 54.9 Å². The van der Waals surface area contributed by atoms with E-state index in [9.17, 15) is 13.2 Å². The Morgan fingerprint density at radius 2 is 1.35 bits per heavy atom. The molecule has 3 aromatic rings. The Morgan fingerprint density at radius 1 is 0.824 bits per heavy atom. The first-order chi connectivity index (χ1) is 16.5. The maximum Gasteiger partial charge on any atom is 0.267 e. The van der Waals surface area contributed by atoms with E-state index in [0.29, 0.717) is 31.7 Å². The molecular formula is C26H27N3O4S. The van der Waals surface area contributed by atoms with E-state index in [1.807, 2.05) is 36.4 Å². The Hall–Kier alpha value is -3.30. The van der Waals surface area contributed by atoms with E-state index in [0.717, 1.165) is 0 Å². The van der Waals surface area contributed by atoms with Crippen LogP contribution in [-0.2, 0) is 14.8 Å². The smallest absolute Gasteiger partial charge is 0.267 e. The molecule has 0 radical (unpaired) electrons. The molecule has 0 aromatic heterocycles. The first-order valence-electron chi connectivity index (χ1n) is 11.1. The van der Waals surface area contributed by atoms with Gasteiger partial charge in [0.1, 0.15) is 0 Å². The number of sulfonamides is 1. The van der Waals surface area contributed by atoms with Crippen LogP contribution in [0, 0.1) is 0 Å². The van der Waals surface area contributed by atoms with E-state index in [1.165, 1.54) is 45.2 Å². The molecule has 8 heteroatoms. The number of hydroxylamine groups is 1. The largest absolute Gasteiger partial charge is 0.290 e. The number of nitrogens with zero attached hydrogens (tertiary/aromatic N) is 2. The molecule has 1 heterocycles. The molecule has 1 aliphatic heterocycles. The fourth-order valence-corrected chi connectivity index (χ4v) is 5.62. The quantitative estimate of drug-likeness (QED) is 0.310. The third kappa shape index (κ3) is 5.43. The molecule has 0 aliphatic carbocycles. The van der Waals surface area contributed by atoms with Gasteiger partial charge in [0.2, 0.25) is 10.0 Å². The number of carbonyl (C=O) groups is 1. The van der Waals surface area contributed by atoms with Gasteiger partial charge >= 0.3 is 0 Å². The van der Waals surface area contributed by atoms with Crippen LogP contribution in [0.3, 0.4) is 0 Å². The molecule has 4 rings (SSSR count).